The van der Waals surface area contributed by atoms with Gasteiger partial charge in [-0.15, -0.1) is 6.42 Å². The molecule has 0 bridgehead atoms. The molecule has 1 amide bonds. The quantitative estimate of drug-likeness (QED) is 0.668. The second-order valence-corrected chi connectivity index (χ2v) is 6.08. The van der Waals surface area contributed by atoms with Crippen LogP contribution in [0, 0.1) is 12.3 Å². The molecule has 1 atom stereocenters. The highest BCUT2D eigenvalue weighted by atomic mass is 19.1. The van der Waals surface area contributed by atoms with E-state index in [2.05, 4.69) is 10.9 Å². The molecule has 1 aliphatic heterocycles. The molecule has 0 spiro atoms. The first-order valence-corrected chi connectivity index (χ1v) is 8.00. The summed E-state index contributed by atoms with van der Waals surface area (Å²) in [6.45, 7) is -0.0450. The number of terminal acetylenes is 1. The van der Waals surface area contributed by atoms with Crippen molar-refractivity contribution >= 4 is 22.6 Å². The number of rotatable bonds is 2. The van der Waals surface area contributed by atoms with E-state index in [0.29, 0.717) is 16.7 Å². The van der Waals surface area contributed by atoms with Crippen LogP contribution in [0.4, 0.5) is 10.1 Å². The lowest BCUT2D eigenvalue weighted by molar-refractivity contribution is -0.126. The zero-order valence-electron chi connectivity index (χ0n) is 13.9. The number of likely N-dealkylation sites (N-methyl/N-ethyl adjacent to an activating group) is 1. The van der Waals surface area contributed by atoms with Crippen LogP contribution in [0.25, 0.3) is 11.0 Å². The summed E-state index contributed by atoms with van der Waals surface area (Å²) in [6, 6.07) is 13.3. The number of fused-ring (bicyclic) bond motifs is 2. The zero-order valence-corrected chi connectivity index (χ0v) is 13.9. The van der Waals surface area contributed by atoms with E-state index in [0.717, 1.165) is 0 Å². The van der Waals surface area contributed by atoms with Crippen LogP contribution in [-0.4, -0.2) is 22.5 Å². The van der Waals surface area contributed by atoms with Gasteiger partial charge in [0.15, 0.2) is 5.69 Å². The number of aromatic nitrogens is 2. The fraction of sp³-hybridized carbons (Fsp3) is 0.150. The Kier molecular flexibility index (Phi) is 3.41. The molecule has 0 saturated carbocycles. The fourth-order valence-electron chi connectivity index (χ4n) is 3.41. The second kappa shape index (κ2) is 5.53. The van der Waals surface area contributed by atoms with Crippen molar-refractivity contribution in [2.45, 2.75) is 12.2 Å². The van der Waals surface area contributed by atoms with Gasteiger partial charge in [0.25, 0.3) is 17.1 Å². The summed E-state index contributed by atoms with van der Waals surface area (Å²) in [7, 11) is 1.48. The minimum Gasteiger partial charge on any atom is -0.312 e. The number of amides is 1. The summed E-state index contributed by atoms with van der Waals surface area (Å²) in [5.74, 6) is 1.56. The maximum Gasteiger partial charge on any atom is 0.277 e. The van der Waals surface area contributed by atoms with Crippen LogP contribution in [0.1, 0.15) is 11.3 Å². The van der Waals surface area contributed by atoms with Crippen molar-refractivity contribution in [3.63, 3.8) is 0 Å². The van der Waals surface area contributed by atoms with Gasteiger partial charge in [-0.3, -0.25) is 14.2 Å². The molecular weight excluding hydrogens is 333 g/mol. The molecule has 2 heterocycles. The molecule has 0 N–H and O–H groups in total. The van der Waals surface area contributed by atoms with Crippen LogP contribution in [-0.2, 0) is 17.0 Å². The molecule has 26 heavy (non-hydrogen) atoms. The van der Waals surface area contributed by atoms with E-state index in [-0.39, 0.29) is 12.1 Å². The lowest BCUT2D eigenvalue weighted by atomic mass is 9.93. The van der Waals surface area contributed by atoms with Gasteiger partial charge in [-0.2, -0.15) is 0 Å². The number of hydrogen-bond donors (Lipinski definition) is 0. The number of carbonyl (C=O) groups is 1. The Bertz CT molecular complexity index is 1160. The van der Waals surface area contributed by atoms with E-state index < -0.39 is 22.8 Å². The highest BCUT2D eigenvalue weighted by Crippen LogP contribution is 2.45. The highest BCUT2D eigenvalue weighted by molar-refractivity contribution is 6.08. The van der Waals surface area contributed by atoms with Crippen molar-refractivity contribution in [3.8, 4) is 12.3 Å². The predicted octanol–water partition coefficient (Wildman–Crippen LogP) is 2.22. The van der Waals surface area contributed by atoms with Gasteiger partial charge in [0, 0.05) is 12.6 Å². The number of carbonyl (C=O) groups excluding carboxylic acids is 1. The Morgan fingerprint density at radius 1 is 1.15 bits per heavy atom. The molecule has 0 saturated heterocycles. The molecule has 1 aromatic heterocycles. The summed E-state index contributed by atoms with van der Waals surface area (Å²) in [4.78, 5) is 31.2. The molecule has 0 fully saturated rings. The minimum absolute atomic E-state index is 0.0450. The lowest BCUT2D eigenvalue weighted by Gasteiger charge is -2.20. The van der Waals surface area contributed by atoms with Gasteiger partial charge in [0.2, 0.25) is 0 Å². The van der Waals surface area contributed by atoms with Gasteiger partial charge in [-0.25, -0.2) is 9.37 Å². The Morgan fingerprint density at radius 2 is 1.85 bits per heavy atom. The summed E-state index contributed by atoms with van der Waals surface area (Å²) in [6.07, 6.45) is 5.38. The Hall–Kier alpha value is -3.46. The summed E-state index contributed by atoms with van der Waals surface area (Å²) in [5.41, 5.74) is -2.40. The van der Waals surface area contributed by atoms with Crippen LogP contribution >= 0.6 is 0 Å². The molecule has 0 radical (unpaired) electrons. The highest BCUT2D eigenvalue weighted by Gasteiger charge is 2.55. The van der Waals surface area contributed by atoms with E-state index >= 15 is 4.39 Å². The summed E-state index contributed by atoms with van der Waals surface area (Å²) in [5, 5.41) is 0. The van der Waals surface area contributed by atoms with Gasteiger partial charge >= 0.3 is 0 Å². The van der Waals surface area contributed by atoms with Gasteiger partial charge in [-0.05, 0) is 18.2 Å². The molecule has 5 nitrogen and oxygen atoms in total. The molecule has 0 unspecified atom stereocenters. The molecule has 3 aromatic rings. The maximum atomic E-state index is 16.2. The molecule has 2 aromatic carbocycles. The van der Waals surface area contributed by atoms with Crippen molar-refractivity contribution in [2.24, 2.45) is 0 Å². The predicted molar refractivity (Wildman–Crippen MR) is 96.6 cm³/mol. The smallest absolute Gasteiger partial charge is 0.277 e. The van der Waals surface area contributed by atoms with E-state index in [4.69, 9.17) is 6.42 Å². The largest absolute Gasteiger partial charge is 0.312 e. The van der Waals surface area contributed by atoms with Crippen molar-refractivity contribution < 1.29 is 9.18 Å². The molecule has 128 valence electrons. The molecular formula is C20H14FN3O2. The number of halogens is 1. The third-order valence-corrected chi connectivity index (χ3v) is 4.66. The molecule has 4 rings (SSSR count). The van der Waals surface area contributed by atoms with Gasteiger partial charge in [0.05, 0.1) is 23.3 Å². The second-order valence-electron chi connectivity index (χ2n) is 6.08. The Morgan fingerprint density at radius 3 is 2.62 bits per heavy atom. The van der Waals surface area contributed by atoms with Crippen LogP contribution < -0.4 is 10.5 Å². The number of hydrogen-bond acceptors (Lipinski definition) is 3. The van der Waals surface area contributed by atoms with Crippen molar-refractivity contribution in [3.05, 3.63) is 70.1 Å². The van der Waals surface area contributed by atoms with E-state index in [1.54, 1.807) is 42.5 Å². The summed E-state index contributed by atoms with van der Waals surface area (Å²) < 4.78 is 17.4. The van der Waals surface area contributed by atoms with E-state index in [9.17, 15) is 9.59 Å². The number of anilines is 1. The SMILES string of the molecule is C#CCn1c(=O)c([C@@]2(F)C(=O)N(C)c3ccccc32)nc2ccccc21. The third-order valence-electron chi connectivity index (χ3n) is 4.66. The number of benzene rings is 2. The average molecular weight is 347 g/mol. The maximum absolute atomic E-state index is 16.2. The number of alkyl halides is 1. The summed E-state index contributed by atoms with van der Waals surface area (Å²) >= 11 is 0. The first-order chi connectivity index (χ1) is 12.5. The molecule has 6 heteroatoms. The van der Waals surface area contributed by atoms with Gasteiger partial charge in [0.1, 0.15) is 0 Å². The van der Waals surface area contributed by atoms with Crippen LogP contribution in [0.5, 0.6) is 0 Å². The van der Waals surface area contributed by atoms with Crippen LogP contribution in [0.3, 0.4) is 0 Å². The van der Waals surface area contributed by atoms with Gasteiger partial charge in [-0.1, -0.05) is 36.3 Å². The third kappa shape index (κ3) is 1.94. The average Bonchev–Trinajstić information content (AvgIpc) is 2.86. The van der Waals surface area contributed by atoms with E-state index in [1.165, 1.54) is 22.6 Å². The fourth-order valence-corrected chi connectivity index (χ4v) is 3.41. The first kappa shape index (κ1) is 16.0. The Balaban J connectivity index is 2.10. The molecule has 1 aliphatic rings. The van der Waals surface area contributed by atoms with Crippen molar-refractivity contribution in [1.82, 2.24) is 9.55 Å². The van der Waals surface area contributed by atoms with E-state index in [1.807, 2.05) is 0 Å². The number of nitrogens with zero attached hydrogens (tertiary/aromatic N) is 3. The van der Waals surface area contributed by atoms with Crippen molar-refractivity contribution in [2.75, 3.05) is 11.9 Å². The number of para-hydroxylation sites is 3. The molecule has 0 aliphatic carbocycles. The van der Waals surface area contributed by atoms with Crippen LogP contribution in [0.15, 0.2) is 53.3 Å². The Labute approximate surface area is 148 Å². The normalized spacial score (nSPS) is 18.8. The van der Waals surface area contributed by atoms with Gasteiger partial charge < -0.3 is 4.90 Å². The zero-order chi connectivity index (χ0) is 18.5. The monoisotopic (exact) mass is 347 g/mol. The first-order valence-electron chi connectivity index (χ1n) is 8.00. The standard InChI is InChI=1S/C20H14FN3O2/c1-3-12-24-16-11-7-5-9-14(16)22-17(18(24)25)20(21)13-8-4-6-10-15(13)23(2)19(20)26/h1,4-11H,12H2,2H3/t20-/m1/s1. The lowest BCUT2D eigenvalue weighted by Crippen LogP contribution is -2.42. The van der Waals surface area contributed by atoms with Crippen molar-refractivity contribution in [1.29, 1.82) is 0 Å². The van der Waals surface area contributed by atoms with Crippen LogP contribution in [0.2, 0.25) is 0 Å². The topological polar surface area (TPSA) is 55.2 Å². The minimum atomic E-state index is -2.65.